The van der Waals surface area contributed by atoms with Crippen molar-refractivity contribution in [2.75, 3.05) is 20.8 Å². The standard InChI is InChI=1S/C12H18N2O2/c1-4-7-16-12-8-10(9-14-13-2)5-6-11(12)15-3/h5-6,8-9,13H,4,7H2,1-3H3/b14-9+. The van der Waals surface area contributed by atoms with Crippen LogP contribution in [0.25, 0.3) is 0 Å². The summed E-state index contributed by atoms with van der Waals surface area (Å²) in [6.45, 7) is 2.75. The van der Waals surface area contributed by atoms with Crippen molar-refractivity contribution >= 4 is 6.21 Å². The highest BCUT2D eigenvalue weighted by Gasteiger charge is 2.04. The molecule has 0 atom stereocenters. The maximum absolute atomic E-state index is 5.59. The monoisotopic (exact) mass is 222 g/mol. The SMILES string of the molecule is CCCOc1cc(/C=N/NC)ccc1OC. The number of hydrogen-bond acceptors (Lipinski definition) is 4. The molecule has 0 saturated carbocycles. The molecule has 0 saturated heterocycles. The van der Waals surface area contributed by atoms with Gasteiger partial charge in [-0.2, -0.15) is 5.10 Å². The fraction of sp³-hybridized carbons (Fsp3) is 0.417. The Kier molecular flexibility index (Phi) is 5.19. The average Bonchev–Trinajstić information content (AvgIpc) is 2.33. The fourth-order valence-corrected chi connectivity index (χ4v) is 1.24. The fourth-order valence-electron chi connectivity index (χ4n) is 1.24. The van der Waals surface area contributed by atoms with Gasteiger partial charge in [-0.1, -0.05) is 6.92 Å². The van der Waals surface area contributed by atoms with Gasteiger partial charge in [0.05, 0.1) is 19.9 Å². The van der Waals surface area contributed by atoms with Gasteiger partial charge in [-0.25, -0.2) is 0 Å². The molecule has 16 heavy (non-hydrogen) atoms. The first-order chi connectivity index (χ1) is 7.81. The van der Waals surface area contributed by atoms with Crippen molar-refractivity contribution in [3.63, 3.8) is 0 Å². The first-order valence-corrected chi connectivity index (χ1v) is 5.32. The molecule has 1 rings (SSSR count). The molecule has 0 spiro atoms. The Morgan fingerprint density at radius 2 is 2.19 bits per heavy atom. The van der Waals surface area contributed by atoms with Crippen LogP contribution in [-0.2, 0) is 0 Å². The summed E-state index contributed by atoms with van der Waals surface area (Å²) < 4.78 is 10.8. The first kappa shape index (κ1) is 12.4. The highest BCUT2D eigenvalue weighted by atomic mass is 16.5. The molecule has 0 unspecified atom stereocenters. The van der Waals surface area contributed by atoms with Gasteiger partial charge in [0.2, 0.25) is 0 Å². The number of hydrogen-bond donors (Lipinski definition) is 1. The lowest BCUT2D eigenvalue weighted by molar-refractivity contribution is 0.294. The lowest BCUT2D eigenvalue weighted by atomic mass is 10.2. The van der Waals surface area contributed by atoms with Crippen LogP contribution < -0.4 is 14.9 Å². The lowest BCUT2D eigenvalue weighted by Crippen LogP contribution is -1.99. The summed E-state index contributed by atoms with van der Waals surface area (Å²) in [6.07, 6.45) is 2.70. The molecular formula is C12H18N2O2. The normalized spacial score (nSPS) is 10.4. The van der Waals surface area contributed by atoms with Gasteiger partial charge in [-0.15, -0.1) is 0 Å². The number of ether oxygens (including phenoxy) is 2. The Labute approximate surface area is 96.3 Å². The van der Waals surface area contributed by atoms with E-state index < -0.39 is 0 Å². The van der Waals surface area contributed by atoms with E-state index in [2.05, 4.69) is 17.5 Å². The van der Waals surface area contributed by atoms with Crippen LogP contribution in [0.4, 0.5) is 0 Å². The van der Waals surface area contributed by atoms with Crippen molar-refractivity contribution in [3.8, 4) is 11.5 Å². The molecule has 1 aromatic carbocycles. The van der Waals surface area contributed by atoms with E-state index in [0.717, 1.165) is 23.5 Å². The summed E-state index contributed by atoms with van der Waals surface area (Å²) in [7, 11) is 3.39. The van der Waals surface area contributed by atoms with E-state index in [1.54, 1.807) is 20.4 Å². The van der Waals surface area contributed by atoms with E-state index >= 15 is 0 Å². The van der Waals surface area contributed by atoms with Crippen molar-refractivity contribution in [3.05, 3.63) is 23.8 Å². The second-order valence-corrected chi connectivity index (χ2v) is 3.24. The van der Waals surface area contributed by atoms with Crippen molar-refractivity contribution in [2.45, 2.75) is 13.3 Å². The average molecular weight is 222 g/mol. The Morgan fingerprint density at radius 3 is 2.81 bits per heavy atom. The predicted octanol–water partition coefficient (Wildman–Crippen LogP) is 2.04. The largest absolute Gasteiger partial charge is 0.493 e. The third kappa shape index (κ3) is 3.46. The third-order valence-electron chi connectivity index (χ3n) is 1.99. The second kappa shape index (κ2) is 6.71. The zero-order valence-electron chi connectivity index (χ0n) is 9.99. The van der Waals surface area contributed by atoms with Gasteiger partial charge in [-0.05, 0) is 30.2 Å². The minimum absolute atomic E-state index is 0.684. The van der Waals surface area contributed by atoms with Crippen LogP contribution in [0.15, 0.2) is 23.3 Å². The molecule has 88 valence electrons. The summed E-state index contributed by atoms with van der Waals surface area (Å²) >= 11 is 0. The molecule has 0 aliphatic heterocycles. The van der Waals surface area contributed by atoms with Crippen LogP contribution in [-0.4, -0.2) is 27.0 Å². The lowest BCUT2D eigenvalue weighted by Gasteiger charge is -2.10. The van der Waals surface area contributed by atoms with E-state index in [1.807, 2.05) is 18.2 Å². The van der Waals surface area contributed by atoms with Crippen LogP contribution in [0.3, 0.4) is 0 Å². The summed E-state index contributed by atoms with van der Waals surface area (Å²) in [5.74, 6) is 1.50. The molecule has 0 fully saturated rings. The molecule has 1 N–H and O–H groups in total. The van der Waals surface area contributed by atoms with E-state index in [9.17, 15) is 0 Å². The van der Waals surface area contributed by atoms with E-state index in [1.165, 1.54) is 0 Å². The molecule has 1 aromatic rings. The quantitative estimate of drug-likeness (QED) is 0.591. The molecule has 0 bridgehead atoms. The second-order valence-electron chi connectivity index (χ2n) is 3.24. The van der Waals surface area contributed by atoms with Crippen LogP contribution in [0, 0.1) is 0 Å². The van der Waals surface area contributed by atoms with Crippen molar-refractivity contribution in [1.82, 2.24) is 5.43 Å². The van der Waals surface area contributed by atoms with Crippen LogP contribution in [0.1, 0.15) is 18.9 Å². The first-order valence-electron chi connectivity index (χ1n) is 5.32. The topological polar surface area (TPSA) is 42.8 Å². The summed E-state index contributed by atoms with van der Waals surface area (Å²) in [4.78, 5) is 0. The molecule has 4 heteroatoms. The van der Waals surface area contributed by atoms with Gasteiger partial charge in [-0.3, -0.25) is 0 Å². The van der Waals surface area contributed by atoms with Gasteiger partial charge >= 0.3 is 0 Å². The Morgan fingerprint density at radius 1 is 1.38 bits per heavy atom. The number of rotatable bonds is 6. The molecule has 0 aliphatic carbocycles. The molecule has 4 nitrogen and oxygen atoms in total. The summed E-state index contributed by atoms with van der Waals surface area (Å²) in [5.41, 5.74) is 3.68. The maximum Gasteiger partial charge on any atom is 0.161 e. The summed E-state index contributed by atoms with van der Waals surface area (Å²) in [5, 5.41) is 3.95. The van der Waals surface area contributed by atoms with Crippen molar-refractivity contribution in [2.24, 2.45) is 5.10 Å². The third-order valence-corrected chi connectivity index (χ3v) is 1.99. The molecule has 0 aliphatic rings. The Balaban J connectivity index is 2.87. The minimum atomic E-state index is 0.684. The molecular weight excluding hydrogens is 204 g/mol. The number of hydrazone groups is 1. The Bertz CT molecular complexity index is 351. The molecule has 0 heterocycles. The predicted molar refractivity (Wildman–Crippen MR) is 65.4 cm³/mol. The number of benzene rings is 1. The minimum Gasteiger partial charge on any atom is -0.493 e. The maximum atomic E-state index is 5.59. The molecule has 0 aromatic heterocycles. The van der Waals surface area contributed by atoms with E-state index in [0.29, 0.717) is 6.61 Å². The van der Waals surface area contributed by atoms with Gasteiger partial charge in [0, 0.05) is 7.05 Å². The van der Waals surface area contributed by atoms with Gasteiger partial charge in [0.25, 0.3) is 0 Å². The van der Waals surface area contributed by atoms with E-state index in [-0.39, 0.29) is 0 Å². The van der Waals surface area contributed by atoms with E-state index in [4.69, 9.17) is 9.47 Å². The van der Waals surface area contributed by atoms with Crippen LogP contribution >= 0.6 is 0 Å². The smallest absolute Gasteiger partial charge is 0.161 e. The number of nitrogens with one attached hydrogen (secondary N) is 1. The number of methoxy groups -OCH3 is 1. The highest BCUT2D eigenvalue weighted by molar-refractivity contribution is 5.80. The van der Waals surface area contributed by atoms with Crippen molar-refractivity contribution < 1.29 is 9.47 Å². The Hall–Kier alpha value is -1.71. The van der Waals surface area contributed by atoms with Crippen LogP contribution in [0.2, 0.25) is 0 Å². The van der Waals surface area contributed by atoms with Gasteiger partial charge in [0.1, 0.15) is 0 Å². The highest BCUT2D eigenvalue weighted by Crippen LogP contribution is 2.27. The molecule has 0 amide bonds. The number of nitrogens with zero attached hydrogens (tertiary/aromatic N) is 1. The van der Waals surface area contributed by atoms with Crippen LogP contribution in [0.5, 0.6) is 11.5 Å². The zero-order chi connectivity index (χ0) is 11.8. The molecule has 0 radical (unpaired) electrons. The van der Waals surface area contributed by atoms with Gasteiger partial charge in [0.15, 0.2) is 11.5 Å². The zero-order valence-corrected chi connectivity index (χ0v) is 9.99. The van der Waals surface area contributed by atoms with Crippen molar-refractivity contribution in [1.29, 1.82) is 0 Å². The van der Waals surface area contributed by atoms with Gasteiger partial charge < -0.3 is 14.9 Å². The summed E-state index contributed by atoms with van der Waals surface area (Å²) in [6, 6.07) is 5.72.